The van der Waals surface area contributed by atoms with E-state index >= 15 is 0 Å². The minimum absolute atomic E-state index is 0.178. The summed E-state index contributed by atoms with van der Waals surface area (Å²) < 4.78 is 28.5. The van der Waals surface area contributed by atoms with Gasteiger partial charge in [0.25, 0.3) is 0 Å². The van der Waals surface area contributed by atoms with Crippen LogP contribution in [0.2, 0.25) is 0 Å². The number of rotatable bonds is 5. The molecule has 0 amide bonds. The highest BCUT2D eigenvalue weighted by Gasteiger charge is 2.18. The van der Waals surface area contributed by atoms with E-state index in [9.17, 15) is 8.42 Å². The fourth-order valence-corrected chi connectivity index (χ4v) is 2.63. The largest absolute Gasteiger partial charge is 0.497 e. The summed E-state index contributed by atoms with van der Waals surface area (Å²) in [5, 5.41) is 8.72. The van der Waals surface area contributed by atoms with Gasteiger partial charge in [0.2, 0.25) is 0 Å². The predicted octanol–water partition coefficient (Wildman–Crippen LogP) is -0.212. The lowest BCUT2D eigenvalue weighted by Gasteiger charge is -2.09. The zero-order valence-corrected chi connectivity index (χ0v) is 9.78. The van der Waals surface area contributed by atoms with E-state index in [0.29, 0.717) is 5.75 Å². The standard InChI is InChI=1S/C10H15NO4S/c1-15-9-2-4-10(5-3-9)16(13,14)7-8(11)6-12/h2-5,8,12H,6-7,11H2,1H3. The van der Waals surface area contributed by atoms with E-state index in [1.807, 2.05) is 0 Å². The van der Waals surface area contributed by atoms with Crippen LogP contribution in [0.15, 0.2) is 29.2 Å². The van der Waals surface area contributed by atoms with E-state index in [-0.39, 0.29) is 17.3 Å². The summed E-state index contributed by atoms with van der Waals surface area (Å²) >= 11 is 0. The van der Waals surface area contributed by atoms with E-state index in [4.69, 9.17) is 15.6 Å². The van der Waals surface area contributed by atoms with E-state index < -0.39 is 15.9 Å². The molecule has 0 aromatic heterocycles. The number of nitrogens with two attached hydrogens (primary N) is 1. The van der Waals surface area contributed by atoms with Gasteiger partial charge in [0, 0.05) is 6.04 Å². The van der Waals surface area contributed by atoms with Crippen LogP contribution >= 0.6 is 0 Å². The quantitative estimate of drug-likeness (QED) is 0.749. The molecule has 1 aromatic carbocycles. The van der Waals surface area contributed by atoms with Crippen LogP contribution in [-0.2, 0) is 9.84 Å². The number of aliphatic hydroxyl groups excluding tert-OH is 1. The molecule has 16 heavy (non-hydrogen) atoms. The third-order valence-electron chi connectivity index (χ3n) is 2.09. The monoisotopic (exact) mass is 245 g/mol. The Morgan fingerprint density at radius 2 is 1.94 bits per heavy atom. The summed E-state index contributed by atoms with van der Waals surface area (Å²) in [5.41, 5.74) is 5.40. The van der Waals surface area contributed by atoms with Gasteiger partial charge < -0.3 is 15.6 Å². The Labute approximate surface area is 94.8 Å². The lowest BCUT2D eigenvalue weighted by atomic mass is 10.3. The number of aliphatic hydroxyl groups is 1. The molecule has 5 nitrogen and oxygen atoms in total. The smallest absolute Gasteiger partial charge is 0.179 e. The molecule has 0 fully saturated rings. The van der Waals surface area contributed by atoms with Crippen molar-refractivity contribution in [2.45, 2.75) is 10.9 Å². The maximum atomic E-state index is 11.8. The van der Waals surface area contributed by atoms with Gasteiger partial charge in [0.15, 0.2) is 9.84 Å². The number of methoxy groups -OCH3 is 1. The van der Waals surface area contributed by atoms with Crippen LogP contribution in [-0.4, -0.2) is 39.0 Å². The van der Waals surface area contributed by atoms with Crippen molar-refractivity contribution in [3.8, 4) is 5.75 Å². The summed E-state index contributed by atoms with van der Waals surface area (Å²) in [6.45, 7) is -0.352. The zero-order chi connectivity index (χ0) is 12.2. The third kappa shape index (κ3) is 3.19. The topological polar surface area (TPSA) is 89.6 Å². The number of hydrogen-bond acceptors (Lipinski definition) is 5. The fraction of sp³-hybridized carbons (Fsp3) is 0.400. The lowest BCUT2D eigenvalue weighted by molar-refractivity contribution is 0.274. The highest BCUT2D eigenvalue weighted by Crippen LogP contribution is 2.16. The maximum Gasteiger partial charge on any atom is 0.179 e. The Balaban J connectivity index is 2.90. The van der Waals surface area contributed by atoms with Gasteiger partial charge in [-0.2, -0.15) is 0 Å². The lowest BCUT2D eigenvalue weighted by Crippen LogP contribution is -2.32. The third-order valence-corrected chi connectivity index (χ3v) is 3.94. The van der Waals surface area contributed by atoms with Crippen LogP contribution in [0.5, 0.6) is 5.75 Å². The molecular weight excluding hydrogens is 230 g/mol. The van der Waals surface area contributed by atoms with Crippen LogP contribution < -0.4 is 10.5 Å². The Bertz CT molecular complexity index is 427. The molecule has 90 valence electrons. The molecular formula is C10H15NO4S. The number of sulfone groups is 1. The second kappa shape index (κ2) is 5.29. The molecule has 1 atom stereocenters. The van der Waals surface area contributed by atoms with Crippen molar-refractivity contribution in [1.29, 1.82) is 0 Å². The molecule has 0 spiro atoms. The first-order valence-corrected chi connectivity index (χ1v) is 6.38. The fourth-order valence-electron chi connectivity index (χ4n) is 1.21. The van der Waals surface area contributed by atoms with Gasteiger partial charge in [-0.25, -0.2) is 8.42 Å². The first kappa shape index (κ1) is 13.0. The van der Waals surface area contributed by atoms with Crippen molar-refractivity contribution < 1.29 is 18.3 Å². The van der Waals surface area contributed by atoms with Crippen LogP contribution in [0.4, 0.5) is 0 Å². The van der Waals surface area contributed by atoms with Crippen LogP contribution in [0.25, 0.3) is 0 Å². The molecule has 1 rings (SSSR count). The molecule has 0 saturated heterocycles. The summed E-state index contributed by atoms with van der Waals surface area (Å²) in [6, 6.07) is 5.29. The second-order valence-corrected chi connectivity index (χ2v) is 5.43. The van der Waals surface area contributed by atoms with E-state index in [0.717, 1.165) is 0 Å². The van der Waals surface area contributed by atoms with Gasteiger partial charge in [0.1, 0.15) is 5.75 Å². The summed E-state index contributed by atoms with van der Waals surface area (Å²) in [4.78, 5) is 0.178. The molecule has 0 aliphatic heterocycles. The molecule has 6 heteroatoms. The van der Waals surface area contributed by atoms with Crippen molar-refractivity contribution in [1.82, 2.24) is 0 Å². The molecule has 0 aliphatic rings. The molecule has 0 heterocycles. The Morgan fingerprint density at radius 3 is 2.38 bits per heavy atom. The zero-order valence-electron chi connectivity index (χ0n) is 8.96. The van der Waals surface area contributed by atoms with Crippen LogP contribution in [0, 0.1) is 0 Å². The number of benzene rings is 1. The van der Waals surface area contributed by atoms with Gasteiger partial charge in [0.05, 0.1) is 24.4 Å². The normalized spacial score (nSPS) is 13.4. The van der Waals surface area contributed by atoms with Gasteiger partial charge in [-0.1, -0.05) is 0 Å². The highest BCUT2D eigenvalue weighted by atomic mass is 32.2. The van der Waals surface area contributed by atoms with Crippen LogP contribution in [0.3, 0.4) is 0 Å². The first-order chi connectivity index (χ1) is 7.49. The van der Waals surface area contributed by atoms with Crippen molar-refractivity contribution in [2.75, 3.05) is 19.5 Å². The van der Waals surface area contributed by atoms with Gasteiger partial charge >= 0.3 is 0 Å². The SMILES string of the molecule is COc1ccc(S(=O)(=O)CC(N)CO)cc1. The van der Waals surface area contributed by atoms with Crippen molar-refractivity contribution in [2.24, 2.45) is 5.73 Å². The molecule has 0 radical (unpaired) electrons. The molecule has 0 bridgehead atoms. The number of ether oxygens (including phenoxy) is 1. The Morgan fingerprint density at radius 1 is 1.38 bits per heavy atom. The van der Waals surface area contributed by atoms with Crippen molar-refractivity contribution >= 4 is 9.84 Å². The molecule has 0 saturated carbocycles. The minimum Gasteiger partial charge on any atom is -0.497 e. The number of hydrogen-bond donors (Lipinski definition) is 2. The molecule has 1 unspecified atom stereocenters. The van der Waals surface area contributed by atoms with E-state index in [2.05, 4.69) is 0 Å². The second-order valence-electron chi connectivity index (χ2n) is 3.40. The van der Waals surface area contributed by atoms with Gasteiger partial charge in [-0.3, -0.25) is 0 Å². The minimum atomic E-state index is -3.44. The summed E-state index contributed by atoms with van der Waals surface area (Å²) in [6.07, 6.45) is 0. The predicted molar refractivity (Wildman–Crippen MR) is 60.1 cm³/mol. The van der Waals surface area contributed by atoms with E-state index in [1.54, 1.807) is 12.1 Å². The van der Waals surface area contributed by atoms with Crippen LogP contribution in [0.1, 0.15) is 0 Å². The average Bonchev–Trinajstić information content (AvgIpc) is 2.28. The van der Waals surface area contributed by atoms with Gasteiger partial charge in [-0.05, 0) is 24.3 Å². The van der Waals surface area contributed by atoms with Crippen molar-refractivity contribution in [3.05, 3.63) is 24.3 Å². The van der Waals surface area contributed by atoms with E-state index in [1.165, 1.54) is 19.2 Å². The first-order valence-electron chi connectivity index (χ1n) is 4.73. The molecule has 1 aromatic rings. The summed E-state index contributed by atoms with van der Waals surface area (Å²) in [7, 11) is -1.93. The van der Waals surface area contributed by atoms with Gasteiger partial charge in [-0.15, -0.1) is 0 Å². The van der Waals surface area contributed by atoms with Crippen molar-refractivity contribution in [3.63, 3.8) is 0 Å². The molecule has 3 N–H and O–H groups in total. The Kier molecular flexibility index (Phi) is 4.28. The summed E-state index contributed by atoms with van der Waals surface area (Å²) in [5.74, 6) is 0.320. The Hall–Kier alpha value is -1.11. The average molecular weight is 245 g/mol. The highest BCUT2D eigenvalue weighted by molar-refractivity contribution is 7.91. The molecule has 0 aliphatic carbocycles. The maximum absolute atomic E-state index is 11.8.